The molecule has 0 saturated heterocycles. The Balaban J connectivity index is 3.45. The molecule has 0 rings (SSSR count). The van der Waals surface area contributed by atoms with E-state index in [1.807, 2.05) is 13.8 Å². The molecule has 0 aliphatic heterocycles. The highest BCUT2D eigenvalue weighted by Gasteiger charge is 2.22. The molecule has 3 nitrogen and oxygen atoms in total. The molecule has 0 spiro atoms. The monoisotopic (exact) mass is 386 g/mol. The quantitative estimate of drug-likeness (QED) is 0.128. The van der Waals surface area contributed by atoms with E-state index in [0.717, 1.165) is 19.3 Å². The Kier molecular flexibility index (Phi) is 19.1. The van der Waals surface area contributed by atoms with Gasteiger partial charge in [0.05, 0.1) is 19.4 Å². The summed E-state index contributed by atoms with van der Waals surface area (Å²) in [7, 11) is -2.82. The first-order chi connectivity index (χ1) is 12.7. The van der Waals surface area contributed by atoms with E-state index in [4.69, 9.17) is 9.05 Å². The Morgan fingerprint density at radius 1 is 0.654 bits per heavy atom. The Morgan fingerprint density at radius 2 is 1.15 bits per heavy atom. The van der Waals surface area contributed by atoms with Gasteiger partial charge in [-0.3, -0.25) is 4.57 Å². The highest BCUT2D eigenvalue weighted by atomic mass is 31.2. The van der Waals surface area contributed by atoms with E-state index in [9.17, 15) is 4.57 Å². The molecule has 0 aromatic carbocycles. The third-order valence-electron chi connectivity index (χ3n) is 4.28. The minimum absolute atomic E-state index is 0.458. The van der Waals surface area contributed by atoms with E-state index in [2.05, 4.69) is 31.2 Å². The van der Waals surface area contributed by atoms with E-state index < -0.39 is 7.60 Å². The summed E-state index contributed by atoms with van der Waals surface area (Å²) in [5, 5.41) is 0. The first kappa shape index (κ1) is 25.6. The lowest BCUT2D eigenvalue weighted by atomic mass is 10.1. The lowest BCUT2D eigenvalue weighted by Gasteiger charge is -2.16. The van der Waals surface area contributed by atoms with Crippen molar-refractivity contribution in [2.24, 2.45) is 0 Å². The van der Waals surface area contributed by atoms with E-state index in [1.54, 1.807) is 0 Å². The van der Waals surface area contributed by atoms with Crippen molar-refractivity contribution < 1.29 is 13.6 Å². The lowest BCUT2D eigenvalue weighted by Crippen LogP contribution is -2.00. The molecule has 0 aromatic heterocycles. The van der Waals surface area contributed by atoms with Crippen LogP contribution in [0.1, 0.15) is 97.8 Å². The molecule has 0 saturated carbocycles. The fraction of sp³-hybridized carbons (Fsp3) is 0.818. The maximum absolute atomic E-state index is 12.3. The van der Waals surface area contributed by atoms with Crippen molar-refractivity contribution in [1.82, 2.24) is 0 Å². The van der Waals surface area contributed by atoms with Gasteiger partial charge in [0.15, 0.2) is 0 Å². The fourth-order valence-corrected chi connectivity index (χ4v) is 4.58. The van der Waals surface area contributed by atoms with Gasteiger partial charge in [-0.15, -0.1) is 0 Å². The molecule has 0 N–H and O–H groups in total. The molecular weight excluding hydrogens is 343 g/mol. The first-order valence-electron chi connectivity index (χ1n) is 10.9. The first-order valence-corrected chi connectivity index (χ1v) is 12.6. The second kappa shape index (κ2) is 19.4. The van der Waals surface area contributed by atoms with Crippen LogP contribution in [-0.2, 0) is 13.6 Å². The summed E-state index contributed by atoms with van der Waals surface area (Å²) in [6.07, 6.45) is 24.3. The molecule has 0 aliphatic rings. The smallest absolute Gasteiger partial charge is 0.309 e. The zero-order chi connectivity index (χ0) is 19.3. The predicted molar refractivity (Wildman–Crippen MR) is 115 cm³/mol. The molecular formula is C22H43O3P. The highest BCUT2D eigenvalue weighted by molar-refractivity contribution is 7.53. The van der Waals surface area contributed by atoms with Gasteiger partial charge >= 0.3 is 7.60 Å². The van der Waals surface area contributed by atoms with Crippen molar-refractivity contribution >= 4 is 7.60 Å². The molecule has 0 atom stereocenters. The maximum atomic E-state index is 12.3. The van der Waals surface area contributed by atoms with Crippen LogP contribution in [0.2, 0.25) is 0 Å². The summed E-state index contributed by atoms with van der Waals surface area (Å²) in [6, 6.07) is 0. The van der Waals surface area contributed by atoms with Gasteiger partial charge in [-0.1, -0.05) is 69.8 Å². The molecule has 0 heterocycles. The van der Waals surface area contributed by atoms with Gasteiger partial charge in [-0.2, -0.15) is 0 Å². The zero-order valence-corrected chi connectivity index (χ0v) is 18.5. The molecule has 0 aromatic rings. The Labute approximate surface area is 163 Å². The van der Waals surface area contributed by atoms with Crippen LogP contribution >= 0.6 is 7.60 Å². The summed E-state index contributed by atoms with van der Waals surface area (Å²) < 4.78 is 22.9. The van der Waals surface area contributed by atoms with Crippen molar-refractivity contribution in [1.29, 1.82) is 0 Å². The van der Waals surface area contributed by atoms with E-state index in [-0.39, 0.29) is 0 Å². The van der Waals surface area contributed by atoms with E-state index >= 15 is 0 Å². The average molecular weight is 387 g/mol. The van der Waals surface area contributed by atoms with Gasteiger partial charge in [0.25, 0.3) is 0 Å². The van der Waals surface area contributed by atoms with Crippen LogP contribution in [0.3, 0.4) is 0 Å². The summed E-state index contributed by atoms with van der Waals surface area (Å²) in [6.45, 7) is 6.89. The molecule has 0 radical (unpaired) electrons. The van der Waals surface area contributed by atoms with Crippen LogP contribution in [0, 0.1) is 0 Å². The van der Waals surface area contributed by atoms with Crippen molar-refractivity contribution in [2.45, 2.75) is 97.8 Å². The predicted octanol–water partition coefficient (Wildman–Crippen LogP) is 8.07. The van der Waals surface area contributed by atoms with E-state index in [0.29, 0.717) is 19.4 Å². The van der Waals surface area contributed by atoms with Crippen molar-refractivity contribution in [3.63, 3.8) is 0 Å². The fourth-order valence-electron chi connectivity index (χ4n) is 2.85. The zero-order valence-electron chi connectivity index (χ0n) is 17.6. The van der Waals surface area contributed by atoms with Crippen LogP contribution in [0.25, 0.3) is 0 Å². The Morgan fingerprint density at radius 3 is 1.69 bits per heavy atom. The normalized spacial score (nSPS) is 12.6. The third-order valence-corrected chi connectivity index (χ3v) is 6.45. The molecule has 4 heteroatoms. The van der Waals surface area contributed by atoms with Gasteiger partial charge < -0.3 is 9.05 Å². The van der Waals surface area contributed by atoms with Crippen LogP contribution < -0.4 is 0 Å². The van der Waals surface area contributed by atoms with Gasteiger partial charge in [-0.05, 0) is 52.4 Å². The molecule has 154 valence electrons. The molecule has 0 aliphatic carbocycles. The highest BCUT2D eigenvalue weighted by Crippen LogP contribution is 2.48. The van der Waals surface area contributed by atoms with Crippen molar-refractivity contribution in [3.8, 4) is 0 Å². The van der Waals surface area contributed by atoms with Crippen LogP contribution in [0.5, 0.6) is 0 Å². The van der Waals surface area contributed by atoms with Gasteiger partial charge in [0.1, 0.15) is 0 Å². The SMILES string of the molecule is CCCCC/C=C\C/C=C\CCCCCCCCP(=O)(OCC)OCC. The Bertz CT molecular complexity index is 381. The minimum Gasteiger partial charge on any atom is -0.309 e. The third kappa shape index (κ3) is 17.1. The number of allylic oxidation sites excluding steroid dienone is 4. The minimum atomic E-state index is -2.82. The Hall–Kier alpha value is -0.370. The summed E-state index contributed by atoms with van der Waals surface area (Å²) in [5.74, 6) is 0. The topological polar surface area (TPSA) is 35.5 Å². The second-order valence-electron chi connectivity index (χ2n) is 6.75. The summed E-state index contributed by atoms with van der Waals surface area (Å²) >= 11 is 0. The standard InChI is InChI=1S/C22H43O3P/c1-4-7-8-9-10-11-12-13-14-15-16-17-18-19-20-21-22-26(23,24-5-2)25-6-3/h10-11,13-14H,4-9,12,15-22H2,1-3H3/b11-10-,14-13-. The van der Waals surface area contributed by atoms with Gasteiger partial charge in [-0.25, -0.2) is 0 Å². The molecule has 0 bridgehead atoms. The van der Waals surface area contributed by atoms with Crippen LogP contribution in [0.4, 0.5) is 0 Å². The van der Waals surface area contributed by atoms with Crippen LogP contribution in [0.15, 0.2) is 24.3 Å². The summed E-state index contributed by atoms with van der Waals surface area (Å²) in [5.41, 5.74) is 0. The number of rotatable bonds is 19. The lowest BCUT2D eigenvalue weighted by molar-refractivity contribution is 0.219. The summed E-state index contributed by atoms with van der Waals surface area (Å²) in [4.78, 5) is 0. The molecule has 26 heavy (non-hydrogen) atoms. The average Bonchev–Trinajstić information content (AvgIpc) is 2.62. The number of hydrogen-bond donors (Lipinski definition) is 0. The van der Waals surface area contributed by atoms with Gasteiger partial charge in [0.2, 0.25) is 0 Å². The largest absolute Gasteiger partial charge is 0.330 e. The van der Waals surface area contributed by atoms with Crippen LogP contribution in [-0.4, -0.2) is 19.4 Å². The molecule has 0 amide bonds. The molecule has 0 unspecified atom stereocenters. The molecule has 0 fully saturated rings. The van der Waals surface area contributed by atoms with Gasteiger partial charge in [0, 0.05) is 0 Å². The van der Waals surface area contributed by atoms with Crippen molar-refractivity contribution in [2.75, 3.05) is 19.4 Å². The maximum Gasteiger partial charge on any atom is 0.330 e. The second-order valence-corrected chi connectivity index (χ2v) is 8.94. The van der Waals surface area contributed by atoms with E-state index in [1.165, 1.54) is 57.8 Å². The number of unbranched alkanes of at least 4 members (excludes halogenated alkanes) is 9. The number of hydrogen-bond acceptors (Lipinski definition) is 3. The van der Waals surface area contributed by atoms with Crippen molar-refractivity contribution in [3.05, 3.63) is 24.3 Å².